The molecule has 0 spiro atoms. The van der Waals surface area contributed by atoms with Gasteiger partial charge in [0.2, 0.25) is 0 Å². The van der Waals surface area contributed by atoms with Gasteiger partial charge in [-0.15, -0.1) is 0 Å². The topological polar surface area (TPSA) is 62.1 Å². The lowest BCUT2D eigenvalue weighted by Gasteiger charge is -2.25. The van der Waals surface area contributed by atoms with Gasteiger partial charge in [0.1, 0.15) is 11.8 Å². The number of carbonyl (C=O) groups is 1. The number of carbonyl (C=O) groups excluding carboxylic acids is 1. The summed E-state index contributed by atoms with van der Waals surface area (Å²) in [6, 6.07) is 15.6. The number of para-hydroxylation sites is 1. The SMILES string of the molecule is CC(C)(Oc1ccc(Cl)cc1)C(=O)Nc1ccccc1C#N. The van der Waals surface area contributed by atoms with Crippen LogP contribution in [0, 0.1) is 11.3 Å². The Bertz CT molecular complexity index is 718. The molecule has 22 heavy (non-hydrogen) atoms. The van der Waals surface area contributed by atoms with E-state index in [4.69, 9.17) is 21.6 Å². The van der Waals surface area contributed by atoms with E-state index in [1.54, 1.807) is 62.4 Å². The van der Waals surface area contributed by atoms with Crippen molar-refractivity contribution in [1.82, 2.24) is 0 Å². The molecule has 0 bridgehead atoms. The molecule has 1 N–H and O–H groups in total. The van der Waals surface area contributed by atoms with Crippen molar-refractivity contribution >= 4 is 23.2 Å². The standard InChI is InChI=1S/C17H15ClN2O2/c1-17(2,22-14-9-7-13(18)8-10-14)16(21)20-15-6-4-3-5-12(15)11-19/h3-10H,1-2H3,(H,20,21). The van der Waals surface area contributed by atoms with Crippen LogP contribution in [0.5, 0.6) is 5.75 Å². The molecule has 0 fully saturated rings. The van der Waals surface area contributed by atoms with E-state index in [0.717, 1.165) is 0 Å². The Labute approximate surface area is 134 Å². The Morgan fingerprint density at radius 1 is 1.18 bits per heavy atom. The molecule has 0 atom stereocenters. The van der Waals surface area contributed by atoms with E-state index in [1.165, 1.54) is 0 Å². The lowest BCUT2D eigenvalue weighted by molar-refractivity contribution is -0.128. The van der Waals surface area contributed by atoms with Crippen molar-refractivity contribution in [3.8, 4) is 11.8 Å². The molecule has 112 valence electrons. The number of amides is 1. The number of benzene rings is 2. The average Bonchev–Trinajstić information content (AvgIpc) is 2.50. The molecule has 2 rings (SSSR count). The van der Waals surface area contributed by atoms with E-state index in [0.29, 0.717) is 22.0 Å². The molecule has 1 amide bonds. The Balaban J connectivity index is 2.13. The van der Waals surface area contributed by atoms with Crippen molar-refractivity contribution < 1.29 is 9.53 Å². The summed E-state index contributed by atoms with van der Waals surface area (Å²) in [5.74, 6) is 0.197. The van der Waals surface area contributed by atoms with Gasteiger partial charge in [-0.2, -0.15) is 5.26 Å². The second-order valence-corrected chi connectivity index (χ2v) is 5.61. The zero-order chi connectivity index (χ0) is 16.2. The number of hydrogen-bond acceptors (Lipinski definition) is 3. The summed E-state index contributed by atoms with van der Waals surface area (Å²) < 4.78 is 5.71. The van der Waals surface area contributed by atoms with E-state index in [1.807, 2.05) is 6.07 Å². The fraction of sp³-hybridized carbons (Fsp3) is 0.176. The highest BCUT2D eigenvalue weighted by molar-refractivity contribution is 6.30. The van der Waals surface area contributed by atoms with E-state index in [2.05, 4.69) is 5.32 Å². The number of ether oxygens (including phenoxy) is 1. The van der Waals surface area contributed by atoms with Gasteiger partial charge >= 0.3 is 0 Å². The first-order valence-corrected chi connectivity index (χ1v) is 7.05. The average molecular weight is 315 g/mol. The normalized spacial score (nSPS) is 10.6. The third-order valence-electron chi connectivity index (χ3n) is 3.03. The van der Waals surface area contributed by atoms with E-state index in [9.17, 15) is 4.79 Å². The predicted octanol–water partition coefficient (Wildman–Crippen LogP) is 4.01. The van der Waals surface area contributed by atoms with Gasteiger partial charge in [-0.05, 0) is 50.2 Å². The molecule has 4 nitrogen and oxygen atoms in total. The first-order valence-electron chi connectivity index (χ1n) is 6.67. The summed E-state index contributed by atoms with van der Waals surface area (Å²) in [7, 11) is 0. The molecule has 0 aromatic heterocycles. The molecule has 2 aromatic rings. The third kappa shape index (κ3) is 3.78. The number of nitriles is 1. The molecule has 0 radical (unpaired) electrons. The molecule has 0 unspecified atom stereocenters. The molecule has 0 aliphatic carbocycles. The van der Waals surface area contributed by atoms with Crippen LogP contribution in [-0.2, 0) is 4.79 Å². The second-order valence-electron chi connectivity index (χ2n) is 5.18. The highest BCUT2D eigenvalue weighted by Gasteiger charge is 2.30. The van der Waals surface area contributed by atoms with Crippen molar-refractivity contribution in [3.05, 3.63) is 59.1 Å². The zero-order valence-electron chi connectivity index (χ0n) is 12.3. The van der Waals surface area contributed by atoms with Crippen LogP contribution in [0.25, 0.3) is 0 Å². The summed E-state index contributed by atoms with van der Waals surface area (Å²) in [4.78, 5) is 12.4. The van der Waals surface area contributed by atoms with Crippen LogP contribution in [0.2, 0.25) is 5.02 Å². The lowest BCUT2D eigenvalue weighted by Crippen LogP contribution is -2.42. The van der Waals surface area contributed by atoms with Gasteiger partial charge in [0.05, 0.1) is 11.3 Å². The maximum Gasteiger partial charge on any atom is 0.268 e. The number of anilines is 1. The van der Waals surface area contributed by atoms with E-state index < -0.39 is 5.60 Å². The zero-order valence-corrected chi connectivity index (χ0v) is 13.0. The maximum absolute atomic E-state index is 12.4. The Morgan fingerprint density at radius 2 is 1.82 bits per heavy atom. The second kappa shape index (κ2) is 6.50. The number of hydrogen-bond donors (Lipinski definition) is 1. The third-order valence-corrected chi connectivity index (χ3v) is 3.28. The molecule has 0 saturated heterocycles. The number of rotatable bonds is 4. The quantitative estimate of drug-likeness (QED) is 0.927. The van der Waals surface area contributed by atoms with Crippen LogP contribution in [0.1, 0.15) is 19.4 Å². The smallest absolute Gasteiger partial charge is 0.268 e. The minimum absolute atomic E-state index is 0.342. The van der Waals surface area contributed by atoms with Crippen LogP contribution in [-0.4, -0.2) is 11.5 Å². The van der Waals surface area contributed by atoms with Crippen molar-refractivity contribution in [3.63, 3.8) is 0 Å². The van der Waals surface area contributed by atoms with Crippen molar-refractivity contribution in [2.24, 2.45) is 0 Å². The van der Waals surface area contributed by atoms with Gasteiger partial charge in [0, 0.05) is 5.02 Å². The van der Waals surface area contributed by atoms with Crippen LogP contribution in [0.4, 0.5) is 5.69 Å². The monoisotopic (exact) mass is 314 g/mol. The van der Waals surface area contributed by atoms with Gasteiger partial charge < -0.3 is 10.1 Å². The fourth-order valence-electron chi connectivity index (χ4n) is 1.81. The molecule has 2 aromatic carbocycles. The van der Waals surface area contributed by atoms with Crippen LogP contribution >= 0.6 is 11.6 Å². The van der Waals surface area contributed by atoms with Gasteiger partial charge in [-0.1, -0.05) is 23.7 Å². The van der Waals surface area contributed by atoms with Crippen molar-refractivity contribution in [2.45, 2.75) is 19.4 Å². The molecule has 0 aliphatic heterocycles. The summed E-state index contributed by atoms with van der Waals surface area (Å²) >= 11 is 5.82. The summed E-state index contributed by atoms with van der Waals surface area (Å²) in [6.07, 6.45) is 0. The number of halogens is 1. The van der Waals surface area contributed by atoms with E-state index in [-0.39, 0.29) is 5.91 Å². The highest BCUT2D eigenvalue weighted by Crippen LogP contribution is 2.23. The largest absolute Gasteiger partial charge is 0.478 e. The van der Waals surface area contributed by atoms with Crippen molar-refractivity contribution in [1.29, 1.82) is 5.26 Å². The molecule has 0 saturated carbocycles. The van der Waals surface area contributed by atoms with Crippen LogP contribution in [0.3, 0.4) is 0 Å². The number of nitrogens with zero attached hydrogens (tertiary/aromatic N) is 1. The van der Waals surface area contributed by atoms with Crippen LogP contribution < -0.4 is 10.1 Å². The molecule has 5 heteroatoms. The summed E-state index contributed by atoms with van der Waals surface area (Å²) in [6.45, 7) is 3.32. The Morgan fingerprint density at radius 3 is 2.45 bits per heavy atom. The molecular formula is C17H15ClN2O2. The Hall–Kier alpha value is -2.51. The molecule has 0 aliphatic rings. The summed E-state index contributed by atoms with van der Waals surface area (Å²) in [5, 5.41) is 12.4. The minimum atomic E-state index is -1.10. The van der Waals surface area contributed by atoms with Crippen LogP contribution in [0.15, 0.2) is 48.5 Å². The highest BCUT2D eigenvalue weighted by atomic mass is 35.5. The first kappa shape index (κ1) is 15.9. The van der Waals surface area contributed by atoms with Gasteiger partial charge in [-0.25, -0.2) is 0 Å². The maximum atomic E-state index is 12.4. The molecular weight excluding hydrogens is 300 g/mol. The van der Waals surface area contributed by atoms with Gasteiger partial charge in [-0.3, -0.25) is 4.79 Å². The van der Waals surface area contributed by atoms with Gasteiger partial charge in [0.25, 0.3) is 5.91 Å². The van der Waals surface area contributed by atoms with Gasteiger partial charge in [0.15, 0.2) is 5.60 Å². The predicted molar refractivity (Wildman–Crippen MR) is 85.9 cm³/mol. The van der Waals surface area contributed by atoms with Crippen molar-refractivity contribution in [2.75, 3.05) is 5.32 Å². The van der Waals surface area contributed by atoms with E-state index >= 15 is 0 Å². The summed E-state index contributed by atoms with van der Waals surface area (Å²) in [5.41, 5.74) is -0.239. The minimum Gasteiger partial charge on any atom is -0.478 e. The lowest BCUT2D eigenvalue weighted by atomic mass is 10.1. The first-order chi connectivity index (χ1) is 10.4. The fourth-order valence-corrected chi connectivity index (χ4v) is 1.93. The molecule has 0 heterocycles. The number of nitrogens with one attached hydrogen (secondary N) is 1. The Kier molecular flexibility index (Phi) is 4.69.